The lowest BCUT2D eigenvalue weighted by Gasteiger charge is -2.18. The second-order valence-corrected chi connectivity index (χ2v) is 6.81. The summed E-state index contributed by atoms with van der Waals surface area (Å²) < 4.78 is 11.0. The van der Waals surface area contributed by atoms with Gasteiger partial charge < -0.3 is 39.8 Å². The Hall–Kier alpha value is -3.11. The molecular formula is C20H18O9. The quantitative estimate of drug-likeness (QED) is 0.371. The number of phenols is 3. The minimum atomic E-state index is -1.54. The van der Waals surface area contributed by atoms with Crippen LogP contribution in [0.1, 0.15) is 11.7 Å². The molecule has 1 fully saturated rings. The lowest BCUT2D eigenvalue weighted by molar-refractivity contribution is -0.0238. The molecule has 4 atom stereocenters. The average Bonchev–Trinajstić information content (AvgIpc) is 2.96. The number of aliphatic hydroxyl groups excluding tert-OH is 3. The minimum Gasteiger partial charge on any atom is -0.508 e. The summed E-state index contributed by atoms with van der Waals surface area (Å²) in [7, 11) is 0. The van der Waals surface area contributed by atoms with E-state index in [0.29, 0.717) is 5.56 Å². The van der Waals surface area contributed by atoms with Gasteiger partial charge in [0.25, 0.3) is 0 Å². The molecule has 0 radical (unpaired) electrons. The van der Waals surface area contributed by atoms with Crippen LogP contribution in [0.2, 0.25) is 0 Å². The van der Waals surface area contributed by atoms with Gasteiger partial charge in [-0.25, -0.2) is 0 Å². The van der Waals surface area contributed by atoms with Crippen molar-refractivity contribution in [1.29, 1.82) is 0 Å². The third kappa shape index (κ3) is 3.10. The Bertz CT molecular complexity index is 1120. The molecule has 152 valence electrons. The summed E-state index contributed by atoms with van der Waals surface area (Å²) >= 11 is 0. The van der Waals surface area contributed by atoms with Crippen LogP contribution in [-0.2, 0) is 4.74 Å². The molecular weight excluding hydrogens is 384 g/mol. The van der Waals surface area contributed by atoms with Crippen LogP contribution in [-0.4, -0.2) is 55.6 Å². The molecule has 1 aliphatic heterocycles. The maximum atomic E-state index is 12.7. The van der Waals surface area contributed by atoms with Gasteiger partial charge in [0.2, 0.25) is 0 Å². The van der Waals surface area contributed by atoms with Gasteiger partial charge in [0.05, 0.1) is 12.2 Å². The fourth-order valence-electron chi connectivity index (χ4n) is 3.49. The van der Waals surface area contributed by atoms with Crippen molar-refractivity contribution in [2.45, 2.75) is 24.4 Å². The van der Waals surface area contributed by atoms with E-state index in [-0.39, 0.29) is 28.0 Å². The van der Waals surface area contributed by atoms with Crippen molar-refractivity contribution in [1.82, 2.24) is 0 Å². The number of hydrogen-bond donors (Lipinski definition) is 6. The van der Waals surface area contributed by atoms with Gasteiger partial charge in [-0.2, -0.15) is 0 Å². The number of hydrogen-bond acceptors (Lipinski definition) is 9. The van der Waals surface area contributed by atoms with Gasteiger partial charge in [0, 0.05) is 17.7 Å². The molecule has 1 aliphatic rings. The number of ether oxygens (including phenoxy) is 1. The molecule has 0 saturated carbocycles. The number of benzene rings is 2. The van der Waals surface area contributed by atoms with Crippen LogP contribution in [0.4, 0.5) is 0 Å². The van der Waals surface area contributed by atoms with Gasteiger partial charge >= 0.3 is 0 Å². The van der Waals surface area contributed by atoms with E-state index in [1.807, 2.05) is 0 Å². The molecule has 2 heterocycles. The molecule has 0 aliphatic carbocycles. The highest BCUT2D eigenvalue weighted by Gasteiger charge is 2.45. The Kier molecular flexibility index (Phi) is 4.67. The van der Waals surface area contributed by atoms with Crippen LogP contribution in [0.15, 0.2) is 45.6 Å². The van der Waals surface area contributed by atoms with E-state index in [9.17, 15) is 35.4 Å². The zero-order valence-corrected chi connectivity index (χ0v) is 14.9. The maximum Gasteiger partial charge on any atom is 0.197 e. The summed E-state index contributed by atoms with van der Waals surface area (Å²) in [5.41, 5.74) is -0.510. The Morgan fingerprint density at radius 3 is 2.28 bits per heavy atom. The maximum absolute atomic E-state index is 12.7. The van der Waals surface area contributed by atoms with E-state index in [0.717, 1.165) is 12.1 Å². The number of phenolic OH excluding ortho intramolecular Hbond substituents is 3. The second-order valence-electron chi connectivity index (χ2n) is 6.81. The lowest BCUT2D eigenvalue weighted by Crippen LogP contribution is -2.32. The van der Waals surface area contributed by atoms with Crippen molar-refractivity contribution >= 4 is 11.0 Å². The van der Waals surface area contributed by atoms with Crippen molar-refractivity contribution in [3.05, 3.63) is 52.2 Å². The van der Waals surface area contributed by atoms with Gasteiger partial charge in [0.1, 0.15) is 58.4 Å². The predicted molar refractivity (Wildman–Crippen MR) is 99.6 cm³/mol. The highest BCUT2D eigenvalue weighted by molar-refractivity contribution is 5.88. The Morgan fingerprint density at radius 2 is 1.66 bits per heavy atom. The lowest BCUT2D eigenvalue weighted by atomic mass is 9.97. The number of aromatic hydroxyl groups is 3. The highest BCUT2D eigenvalue weighted by Crippen LogP contribution is 2.45. The Morgan fingerprint density at radius 1 is 0.966 bits per heavy atom. The van der Waals surface area contributed by atoms with Crippen LogP contribution < -0.4 is 5.43 Å². The molecule has 0 amide bonds. The fourth-order valence-corrected chi connectivity index (χ4v) is 3.49. The summed E-state index contributed by atoms with van der Waals surface area (Å²) in [4.78, 5) is 12.7. The molecule has 1 saturated heterocycles. The molecule has 9 heteroatoms. The smallest absolute Gasteiger partial charge is 0.197 e. The first-order valence-corrected chi connectivity index (χ1v) is 8.76. The third-order valence-corrected chi connectivity index (χ3v) is 4.99. The first-order chi connectivity index (χ1) is 13.8. The number of aliphatic hydroxyl groups is 3. The van der Waals surface area contributed by atoms with Crippen molar-refractivity contribution in [3.63, 3.8) is 0 Å². The van der Waals surface area contributed by atoms with Gasteiger partial charge in [-0.1, -0.05) is 0 Å². The molecule has 29 heavy (non-hydrogen) atoms. The van der Waals surface area contributed by atoms with Crippen LogP contribution >= 0.6 is 0 Å². The van der Waals surface area contributed by atoms with Gasteiger partial charge in [0.15, 0.2) is 5.43 Å². The SMILES string of the molecule is O=c1cc(-c2ccc(O)cc2)oc2cc(O)c(C3OC(CO)C(O)C3O)c(O)c12. The first-order valence-electron chi connectivity index (χ1n) is 8.76. The number of rotatable bonds is 3. The molecule has 6 N–H and O–H groups in total. The predicted octanol–water partition coefficient (Wildman–Crippen LogP) is 0.731. The Balaban J connectivity index is 1.86. The standard InChI is InChI=1S/C20H18O9/c21-7-14-17(25)19(27)20(29-14)16-11(24)6-13-15(18(16)26)10(23)5-12(28-13)8-1-3-9(22)4-2-8/h1-6,14,17,19-22,24-27H,7H2. The largest absolute Gasteiger partial charge is 0.508 e. The zero-order chi connectivity index (χ0) is 20.9. The molecule has 2 aromatic carbocycles. The summed E-state index contributed by atoms with van der Waals surface area (Å²) in [5.74, 6) is -0.978. The summed E-state index contributed by atoms with van der Waals surface area (Å²) in [5, 5.41) is 59.5. The van der Waals surface area contributed by atoms with Crippen molar-refractivity contribution < 1.29 is 39.8 Å². The van der Waals surface area contributed by atoms with E-state index in [2.05, 4.69) is 0 Å². The molecule has 4 rings (SSSR count). The molecule has 3 aromatic rings. The van der Waals surface area contributed by atoms with E-state index >= 15 is 0 Å². The van der Waals surface area contributed by atoms with Crippen LogP contribution in [0.25, 0.3) is 22.3 Å². The van der Waals surface area contributed by atoms with E-state index in [1.165, 1.54) is 24.3 Å². The third-order valence-electron chi connectivity index (χ3n) is 4.99. The molecule has 4 unspecified atom stereocenters. The van der Waals surface area contributed by atoms with Crippen LogP contribution in [0.3, 0.4) is 0 Å². The molecule has 0 bridgehead atoms. The molecule has 9 nitrogen and oxygen atoms in total. The monoisotopic (exact) mass is 402 g/mol. The first kappa shape index (κ1) is 19.2. The number of fused-ring (bicyclic) bond motifs is 1. The molecule has 1 aromatic heterocycles. The summed E-state index contributed by atoms with van der Waals surface area (Å²) in [6.45, 7) is -0.581. The summed E-state index contributed by atoms with van der Waals surface area (Å²) in [6.07, 6.45) is -5.45. The Labute approximate surface area is 163 Å². The van der Waals surface area contributed by atoms with Crippen molar-refractivity contribution in [3.8, 4) is 28.6 Å². The van der Waals surface area contributed by atoms with Gasteiger partial charge in [-0.15, -0.1) is 0 Å². The average molecular weight is 402 g/mol. The van der Waals surface area contributed by atoms with E-state index in [4.69, 9.17) is 9.15 Å². The van der Waals surface area contributed by atoms with E-state index < -0.39 is 48.0 Å². The summed E-state index contributed by atoms with van der Waals surface area (Å²) in [6, 6.07) is 8.15. The molecule has 0 spiro atoms. The fraction of sp³-hybridized carbons (Fsp3) is 0.250. The second kappa shape index (κ2) is 7.05. The van der Waals surface area contributed by atoms with Crippen LogP contribution in [0.5, 0.6) is 17.2 Å². The van der Waals surface area contributed by atoms with Crippen molar-refractivity contribution in [2.24, 2.45) is 0 Å². The normalized spacial score (nSPS) is 24.2. The highest BCUT2D eigenvalue weighted by atomic mass is 16.6. The van der Waals surface area contributed by atoms with Crippen LogP contribution in [0, 0.1) is 0 Å². The van der Waals surface area contributed by atoms with Gasteiger partial charge in [-0.05, 0) is 24.3 Å². The topological polar surface area (TPSA) is 161 Å². The zero-order valence-electron chi connectivity index (χ0n) is 14.9. The van der Waals surface area contributed by atoms with Crippen molar-refractivity contribution in [2.75, 3.05) is 6.61 Å². The van der Waals surface area contributed by atoms with Gasteiger partial charge in [-0.3, -0.25) is 4.79 Å². The van der Waals surface area contributed by atoms with E-state index in [1.54, 1.807) is 0 Å². The minimum absolute atomic E-state index is 0.0373.